The first-order valence-corrected chi connectivity index (χ1v) is 6.71. The standard InChI is InChI=1S/C14H18F2N2O2/c15-14(16)20-12-5-1-3-10(9-12)13(19)18-8-6-11-4-2-7-17-11/h1,3,5,9,11,14,17H,2,4,6-8H2,(H,18,19)/t11-/m0/s1. The first-order chi connectivity index (χ1) is 9.65. The van der Waals surface area contributed by atoms with E-state index in [-0.39, 0.29) is 11.7 Å². The first kappa shape index (κ1) is 14.7. The van der Waals surface area contributed by atoms with Gasteiger partial charge in [-0.25, -0.2) is 0 Å². The number of alkyl halides is 2. The van der Waals surface area contributed by atoms with Gasteiger partial charge in [0.2, 0.25) is 0 Å². The maximum absolute atomic E-state index is 12.1. The average molecular weight is 284 g/mol. The van der Waals surface area contributed by atoms with Crippen LogP contribution in [0.25, 0.3) is 0 Å². The molecule has 0 aliphatic carbocycles. The number of carbonyl (C=O) groups excluding carboxylic acids is 1. The lowest BCUT2D eigenvalue weighted by Crippen LogP contribution is -2.30. The number of hydrogen-bond acceptors (Lipinski definition) is 3. The molecule has 20 heavy (non-hydrogen) atoms. The van der Waals surface area contributed by atoms with Gasteiger partial charge in [-0.05, 0) is 44.0 Å². The summed E-state index contributed by atoms with van der Waals surface area (Å²) in [5.74, 6) is -0.284. The normalized spacial score (nSPS) is 18.2. The minimum absolute atomic E-state index is 0.00916. The number of halogens is 2. The van der Waals surface area contributed by atoms with E-state index in [1.807, 2.05) is 0 Å². The molecule has 2 rings (SSSR count). The van der Waals surface area contributed by atoms with Crippen molar-refractivity contribution in [1.29, 1.82) is 0 Å². The van der Waals surface area contributed by atoms with Gasteiger partial charge in [-0.3, -0.25) is 4.79 Å². The maximum atomic E-state index is 12.1. The van der Waals surface area contributed by atoms with Gasteiger partial charge in [0.15, 0.2) is 0 Å². The molecule has 110 valence electrons. The lowest BCUT2D eigenvalue weighted by atomic mass is 10.1. The van der Waals surface area contributed by atoms with E-state index >= 15 is 0 Å². The molecule has 0 saturated carbocycles. The van der Waals surface area contributed by atoms with Crippen LogP contribution >= 0.6 is 0 Å². The number of rotatable bonds is 6. The number of nitrogens with one attached hydrogen (secondary N) is 2. The first-order valence-electron chi connectivity index (χ1n) is 6.71. The highest BCUT2D eigenvalue weighted by atomic mass is 19.3. The zero-order chi connectivity index (χ0) is 14.4. The molecule has 2 N–H and O–H groups in total. The minimum atomic E-state index is -2.89. The van der Waals surface area contributed by atoms with E-state index in [0.29, 0.717) is 18.2 Å². The Labute approximate surface area is 116 Å². The van der Waals surface area contributed by atoms with E-state index in [1.54, 1.807) is 6.07 Å². The number of hydrogen-bond donors (Lipinski definition) is 2. The van der Waals surface area contributed by atoms with Gasteiger partial charge in [-0.1, -0.05) is 6.07 Å². The van der Waals surface area contributed by atoms with E-state index in [4.69, 9.17) is 0 Å². The molecular formula is C14H18F2N2O2. The molecular weight excluding hydrogens is 266 g/mol. The Balaban J connectivity index is 1.81. The van der Waals surface area contributed by atoms with E-state index in [0.717, 1.165) is 19.4 Å². The number of carbonyl (C=O) groups is 1. The lowest BCUT2D eigenvalue weighted by molar-refractivity contribution is -0.0498. The number of benzene rings is 1. The monoisotopic (exact) mass is 284 g/mol. The fourth-order valence-electron chi connectivity index (χ4n) is 2.28. The van der Waals surface area contributed by atoms with Crippen molar-refractivity contribution in [2.24, 2.45) is 0 Å². The van der Waals surface area contributed by atoms with E-state index in [1.165, 1.54) is 24.6 Å². The quantitative estimate of drug-likeness (QED) is 0.841. The molecule has 4 nitrogen and oxygen atoms in total. The second-order valence-electron chi connectivity index (χ2n) is 4.74. The van der Waals surface area contributed by atoms with Crippen molar-refractivity contribution in [2.75, 3.05) is 13.1 Å². The van der Waals surface area contributed by atoms with Crippen LogP contribution in [0.5, 0.6) is 5.75 Å². The average Bonchev–Trinajstić information content (AvgIpc) is 2.91. The fourth-order valence-corrected chi connectivity index (χ4v) is 2.28. The van der Waals surface area contributed by atoms with Crippen LogP contribution in [0.15, 0.2) is 24.3 Å². The lowest BCUT2D eigenvalue weighted by Gasteiger charge is -2.11. The Kier molecular flexibility index (Phi) is 5.29. The highest BCUT2D eigenvalue weighted by Gasteiger charge is 2.14. The zero-order valence-corrected chi connectivity index (χ0v) is 11.1. The third-order valence-corrected chi connectivity index (χ3v) is 3.26. The topological polar surface area (TPSA) is 50.4 Å². The van der Waals surface area contributed by atoms with Crippen LogP contribution in [-0.4, -0.2) is 31.7 Å². The van der Waals surface area contributed by atoms with E-state index < -0.39 is 6.61 Å². The van der Waals surface area contributed by atoms with Crippen molar-refractivity contribution in [3.05, 3.63) is 29.8 Å². The van der Waals surface area contributed by atoms with Gasteiger partial charge in [0, 0.05) is 18.2 Å². The van der Waals surface area contributed by atoms with Gasteiger partial charge in [0.05, 0.1) is 0 Å². The van der Waals surface area contributed by atoms with Crippen LogP contribution in [0.1, 0.15) is 29.6 Å². The van der Waals surface area contributed by atoms with Crippen molar-refractivity contribution in [3.63, 3.8) is 0 Å². The number of ether oxygens (including phenoxy) is 1. The van der Waals surface area contributed by atoms with Crippen LogP contribution in [0.3, 0.4) is 0 Å². The highest BCUT2D eigenvalue weighted by Crippen LogP contribution is 2.16. The highest BCUT2D eigenvalue weighted by molar-refractivity contribution is 5.94. The molecule has 0 unspecified atom stereocenters. The predicted octanol–water partition coefficient (Wildman–Crippen LogP) is 2.16. The van der Waals surface area contributed by atoms with Gasteiger partial charge in [0.1, 0.15) is 5.75 Å². The Morgan fingerprint density at radius 3 is 3.05 bits per heavy atom. The van der Waals surface area contributed by atoms with Crippen molar-refractivity contribution < 1.29 is 18.3 Å². The molecule has 1 aliphatic heterocycles. The van der Waals surface area contributed by atoms with Gasteiger partial charge >= 0.3 is 6.61 Å². The van der Waals surface area contributed by atoms with Gasteiger partial charge in [-0.2, -0.15) is 8.78 Å². The van der Waals surface area contributed by atoms with Crippen LogP contribution < -0.4 is 15.4 Å². The molecule has 1 heterocycles. The molecule has 1 fully saturated rings. The molecule has 1 atom stereocenters. The molecule has 1 aromatic carbocycles. The fraction of sp³-hybridized carbons (Fsp3) is 0.500. The van der Waals surface area contributed by atoms with E-state index in [2.05, 4.69) is 15.4 Å². The van der Waals surface area contributed by atoms with Gasteiger partial charge < -0.3 is 15.4 Å². The minimum Gasteiger partial charge on any atom is -0.435 e. The SMILES string of the molecule is O=C(NCC[C@@H]1CCCN1)c1cccc(OC(F)F)c1. The van der Waals surface area contributed by atoms with Crippen LogP contribution in [-0.2, 0) is 0 Å². The molecule has 1 amide bonds. The third-order valence-electron chi connectivity index (χ3n) is 3.26. The molecule has 6 heteroatoms. The molecule has 1 saturated heterocycles. The summed E-state index contributed by atoms with van der Waals surface area (Å²) < 4.78 is 28.5. The summed E-state index contributed by atoms with van der Waals surface area (Å²) in [5.41, 5.74) is 0.322. The smallest absolute Gasteiger partial charge is 0.387 e. The van der Waals surface area contributed by atoms with Gasteiger partial charge in [0.25, 0.3) is 5.91 Å². The molecule has 1 aromatic rings. The second kappa shape index (κ2) is 7.19. The Morgan fingerprint density at radius 2 is 2.35 bits per heavy atom. The van der Waals surface area contributed by atoms with Crippen molar-refractivity contribution in [3.8, 4) is 5.75 Å². The Bertz CT molecular complexity index is 449. The van der Waals surface area contributed by atoms with Crippen molar-refractivity contribution in [1.82, 2.24) is 10.6 Å². The summed E-state index contributed by atoms with van der Waals surface area (Å²) in [5, 5.41) is 6.13. The molecule has 0 aromatic heterocycles. The van der Waals surface area contributed by atoms with Gasteiger partial charge in [-0.15, -0.1) is 0 Å². The van der Waals surface area contributed by atoms with Crippen LogP contribution in [0, 0.1) is 0 Å². The molecule has 0 radical (unpaired) electrons. The Morgan fingerprint density at radius 1 is 1.50 bits per heavy atom. The largest absolute Gasteiger partial charge is 0.435 e. The zero-order valence-electron chi connectivity index (χ0n) is 11.1. The molecule has 0 spiro atoms. The summed E-state index contributed by atoms with van der Waals surface area (Å²) in [6.45, 7) is -1.29. The van der Waals surface area contributed by atoms with Crippen LogP contribution in [0.4, 0.5) is 8.78 Å². The van der Waals surface area contributed by atoms with Crippen molar-refractivity contribution >= 4 is 5.91 Å². The summed E-state index contributed by atoms with van der Waals surface area (Å²) in [6.07, 6.45) is 3.18. The second-order valence-corrected chi connectivity index (χ2v) is 4.74. The van der Waals surface area contributed by atoms with E-state index in [9.17, 15) is 13.6 Å². The summed E-state index contributed by atoms with van der Waals surface area (Å²) in [6, 6.07) is 6.26. The maximum Gasteiger partial charge on any atom is 0.387 e. The molecule has 1 aliphatic rings. The summed E-state index contributed by atoms with van der Waals surface area (Å²) >= 11 is 0. The number of amides is 1. The third kappa shape index (κ3) is 4.45. The molecule has 0 bridgehead atoms. The predicted molar refractivity (Wildman–Crippen MR) is 71.0 cm³/mol. The van der Waals surface area contributed by atoms with Crippen LogP contribution in [0.2, 0.25) is 0 Å². The summed E-state index contributed by atoms with van der Waals surface area (Å²) in [7, 11) is 0. The van der Waals surface area contributed by atoms with Crippen molar-refractivity contribution in [2.45, 2.75) is 31.9 Å². The Hall–Kier alpha value is -1.69. The summed E-state index contributed by atoms with van der Waals surface area (Å²) in [4.78, 5) is 11.9.